The molecule has 0 unspecified atom stereocenters. The number of carbonyl (C=O) groups excluding carboxylic acids is 3. The summed E-state index contributed by atoms with van der Waals surface area (Å²) in [4.78, 5) is 58.5. The van der Waals surface area contributed by atoms with Crippen LogP contribution in [0.15, 0.2) is 50.1 Å². The average molecular weight is 721 g/mol. The average Bonchev–Trinajstić information content (AvgIpc) is 3.35. The number of aromatic hydroxyl groups is 1. The van der Waals surface area contributed by atoms with Crippen molar-refractivity contribution in [2.24, 2.45) is 5.92 Å². The predicted molar refractivity (Wildman–Crippen MR) is 168 cm³/mol. The Morgan fingerprint density at radius 1 is 1.02 bits per heavy atom. The van der Waals surface area contributed by atoms with E-state index in [1.165, 1.54) is 0 Å². The van der Waals surface area contributed by atoms with E-state index in [1.54, 1.807) is 33.4 Å². The molecule has 3 amide bonds. The molecule has 0 spiro atoms. The highest BCUT2D eigenvalue weighted by atomic mass is 79.9. The van der Waals surface area contributed by atoms with Crippen molar-refractivity contribution in [1.29, 1.82) is 0 Å². The minimum Gasteiger partial charge on any atom is -0.506 e. The van der Waals surface area contributed by atoms with E-state index in [0.717, 1.165) is 16.6 Å². The van der Waals surface area contributed by atoms with Crippen molar-refractivity contribution in [2.45, 2.75) is 51.1 Å². The number of likely N-dealkylation sites (tertiary alicyclic amines) is 2. The fourth-order valence-electron chi connectivity index (χ4n) is 5.99. The number of rotatable bonds is 7. The summed E-state index contributed by atoms with van der Waals surface area (Å²) in [6.45, 7) is 3.74. The van der Waals surface area contributed by atoms with Crippen LogP contribution >= 0.6 is 31.9 Å². The Bertz CT molecular complexity index is 1530. The van der Waals surface area contributed by atoms with Gasteiger partial charge in [0.1, 0.15) is 11.8 Å². The van der Waals surface area contributed by atoms with Crippen LogP contribution in [0.1, 0.15) is 44.2 Å². The molecule has 0 saturated carbocycles. The number of benzene rings is 2. The topological polar surface area (TPSA) is 137 Å². The zero-order valence-electron chi connectivity index (χ0n) is 23.9. The summed E-state index contributed by atoms with van der Waals surface area (Å²) in [5.41, 5.74) is 2.22. The molecule has 0 bridgehead atoms. The number of fused-ring (bicyclic) bond motifs is 1. The highest BCUT2D eigenvalue weighted by Crippen LogP contribution is 2.34. The smallest absolute Gasteiger partial charge is 0.326 e. The zero-order chi connectivity index (χ0) is 30.7. The second-order valence-corrected chi connectivity index (χ2v) is 12.7. The molecule has 0 aliphatic carbocycles. The van der Waals surface area contributed by atoms with E-state index in [1.807, 2.05) is 24.3 Å². The number of ether oxygens (including phenoxy) is 1. The fraction of sp³-hybridized carbons (Fsp3) is 0.467. The van der Waals surface area contributed by atoms with Gasteiger partial charge >= 0.3 is 17.7 Å². The molecule has 5 rings (SSSR count). The molecule has 11 nitrogen and oxygen atoms in total. The van der Waals surface area contributed by atoms with Gasteiger partial charge in [0, 0.05) is 38.6 Å². The standard InChI is InChI=1S/C30H35Br2N5O6/c1-2-43-28(40)19-7-11-35(12-8-19)27(39)24(17-18-15-21(31)26(38)22(32)16-18)34-29(41)36-13-9-20(10-14-36)37-25-6-4-3-5-23(25)33-30(37)42/h3-6,15-16,19-20,24,38H,2,7-14,17H2,1H3,(H,33,42)(H,34,41)/t24-/m1/s1. The van der Waals surface area contributed by atoms with Crippen LogP contribution in [-0.4, -0.2) is 81.2 Å². The number of nitrogens with zero attached hydrogens (tertiary/aromatic N) is 3. The van der Waals surface area contributed by atoms with Crippen LogP contribution in [0.5, 0.6) is 5.75 Å². The summed E-state index contributed by atoms with van der Waals surface area (Å²) in [7, 11) is 0. The summed E-state index contributed by atoms with van der Waals surface area (Å²) in [6, 6.07) is 9.77. The van der Waals surface area contributed by atoms with Gasteiger partial charge in [-0.25, -0.2) is 9.59 Å². The summed E-state index contributed by atoms with van der Waals surface area (Å²) >= 11 is 6.69. The molecule has 3 heterocycles. The van der Waals surface area contributed by atoms with Gasteiger partial charge in [0.05, 0.1) is 32.5 Å². The molecule has 1 atom stereocenters. The lowest BCUT2D eigenvalue weighted by Crippen LogP contribution is -2.55. The van der Waals surface area contributed by atoms with E-state index >= 15 is 0 Å². The summed E-state index contributed by atoms with van der Waals surface area (Å²) < 4.78 is 7.88. The first kappa shape index (κ1) is 31.1. The Morgan fingerprint density at radius 3 is 2.30 bits per heavy atom. The molecule has 43 heavy (non-hydrogen) atoms. The summed E-state index contributed by atoms with van der Waals surface area (Å²) in [6.07, 6.45) is 2.42. The van der Waals surface area contributed by atoms with E-state index in [4.69, 9.17) is 4.74 Å². The van der Waals surface area contributed by atoms with Gasteiger partial charge in [0.2, 0.25) is 5.91 Å². The quantitative estimate of drug-likeness (QED) is 0.311. The van der Waals surface area contributed by atoms with E-state index < -0.39 is 6.04 Å². The lowest BCUT2D eigenvalue weighted by atomic mass is 9.95. The number of phenols is 1. The molecule has 230 valence electrons. The normalized spacial score (nSPS) is 17.2. The maximum absolute atomic E-state index is 13.8. The number of nitrogens with one attached hydrogen (secondary N) is 2. The molecule has 1 aromatic heterocycles. The molecule has 2 aliphatic heterocycles. The number of esters is 1. The maximum Gasteiger partial charge on any atom is 0.326 e. The molecular formula is C30H35Br2N5O6. The van der Waals surface area contributed by atoms with Crippen LogP contribution in [0.3, 0.4) is 0 Å². The van der Waals surface area contributed by atoms with Crippen molar-refractivity contribution >= 4 is 60.8 Å². The Balaban J connectivity index is 1.27. The third-order valence-corrected chi connectivity index (χ3v) is 9.49. The first-order valence-corrected chi connectivity index (χ1v) is 16.1. The van der Waals surface area contributed by atoms with E-state index in [-0.39, 0.29) is 47.7 Å². The van der Waals surface area contributed by atoms with Crippen LogP contribution in [-0.2, 0) is 20.7 Å². The number of phenolic OH excluding ortho intramolecular Hbond substituents is 1. The van der Waals surface area contributed by atoms with Gasteiger partial charge in [-0.05, 0) is 94.3 Å². The number of H-pyrrole nitrogens is 1. The monoisotopic (exact) mass is 719 g/mol. The second kappa shape index (κ2) is 13.5. The number of hydrogen-bond acceptors (Lipinski definition) is 6. The minimum atomic E-state index is -0.857. The number of halogens is 2. The number of imidazole rings is 1. The minimum absolute atomic E-state index is 0.0440. The molecule has 3 N–H and O–H groups in total. The highest BCUT2D eigenvalue weighted by Gasteiger charge is 2.34. The number of aromatic nitrogens is 2. The number of amides is 3. The lowest BCUT2D eigenvalue weighted by Gasteiger charge is -2.36. The Morgan fingerprint density at radius 2 is 1.65 bits per heavy atom. The van der Waals surface area contributed by atoms with Gasteiger partial charge in [0.15, 0.2) is 0 Å². The molecular weight excluding hydrogens is 686 g/mol. The third kappa shape index (κ3) is 6.93. The van der Waals surface area contributed by atoms with E-state index in [0.29, 0.717) is 67.4 Å². The van der Waals surface area contributed by atoms with Crippen molar-refractivity contribution < 1.29 is 24.2 Å². The number of carbonyl (C=O) groups is 3. The second-order valence-electron chi connectivity index (χ2n) is 11.0. The number of para-hydroxylation sites is 2. The number of hydrogen-bond donors (Lipinski definition) is 3. The van der Waals surface area contributed by atoms with Gasteiger partial charge in [-0.1, -0.05) is 12.1 Å². The van der Waals surface area contributed by atoms with Gasteiger partial charge in [-0.3, -0.25) is 14.2 Å². The summed E-state index contributed by atoms with van der Waals surface area (Å²) in [5, 5.41) is 13.1. The van der Waals surface area contributed by atoms with Crippen LogP contribution < -0.4 is 11.0 Å². The van der Waals surface area contributed by atoms with Crippen molar-refractivity contribution in [2.75, 3.05) is 32.8 Å². The third-order valence-electron chi connectivity index (χ3n) is 8.28. The van der Waals surface area contributed by atoms with E-state index in [9.17, 15) is 24.3 Å². The van der Waals surface area contributed by atoms with Crippen LogP contribution in [0.4, 0.5) is 4.79 Å². The Labute approximate surface area is 265 Å². The SMILES string of the molecule is CCOC(=O)C1CCN(C(=O)[C@@H](Cc2cc(Br)c(O)c(Br)c2)NC(=O)N2CCC(n3c(=O)[nH]c4ccccc43)CC2)CC1. The molecule has 2 saturated heterocycles. The largest absolute Gasteiger partial charge is 0.506 e. The van der Waals surface area contributed by atoms with E-state index in [2.05, 4.69) is 42.2 Å². The molecule has 0 radical (unpaired) electrons. The van der Waals surface area contributed by atoms with Crippen LogP contribution in [0.25, 0.3) is 11.0 Å². The zero-order valence-corrected chi connectivity index (χ0v) is 27.0. The molecule has 2 aromatic carbocycles. The van der Waals surface area contributed by atoms with Crippen molar-refractivity contribution in [3.8, 4) is 5.75 Å². The van der Waals surface area contributed by atoms with Gasteiger partial charge in [-0.15, -0.1) is 0 Å². The maximum atomic E-state index is 13.8. The first-order chi connectivity index (χ1) is 20.7. The van der Waals surface area contributed by atoms with Gasteiger partial charge in [-0.2, -0.15) is 0 Å². The fourth-order valence-corrected chi connectivity index (χ4v) is 7.27. The molecule has 3 aromatic rings. The number of piperidine rings is 2. The first-order valence-electron chi connectivity index (χ1n) is 14.5. The Kier molecular flexibility index (Phi) is 9.80. The molecule has 13 heteroatoms. The molecule has 2 fully saturated rings. The highest BCUT2D eigenvalue weighted by molar-refractivity contribution is 9.11. The predicted octanol–water partition coefficient (Wildman–Crippen LogP) is 4.32. The van der Waals surface area contributed by atoms with Crippen LogP contribution in [0, 0.1) is 5.92 Å². The van der Waals surface area contributed by atoms with Crippen molar-refractivity contribution in [1.82, 2.24) is 24.7 Å². The molecule has 2 aliphatic rings. The van der Waals surface area contributed by atoms with Crippen molar-refractivity contribution in [3.63, 3.8) is 0 Å². The lowest BCUT2D eigenvalue weighted by molar-refractivity contribution is -0.151. The van der Waals surface area contributed by atoms with Crippen LogP contribution in [0.2, 0.25) is 0 Å². The van der Waals surface area contributed by atoms with Gasteiger partial charge in [0.25, 0.3) is 0 Å². The summed E-state index contributed by atoms with van der Waals surface area (Å²) in [5.74, 6) is -0.659. The number of urea groups is 1. The van der Waals surface area contributed by atoms with Gasteiger partial charge < -0.3 is 29.9 Å². The number of aromatic amines is 1. The Hall–Kier alpha value is -3.32. The van der Waals surface area contributed by atoms with Crippen molar-refractivity contribution in [3.05, 3.63) is 61.4 Å².